The van der Waals surface area contributed by atoms with Gasteiger partial charge < -0.3 is 20.3 Å². The summed E-state index contributed by atoms with van der Waals surface area (Å²) < 4.78 is 0. The molecule has 1 heterocycles. The normalized spacial score (nSPS) is 10.7. The molecular formula is C24H21N3O3. The average Bonchev–Trinajstić information content (AvgIpc) is 3.17. The Morgan fingerprint density at radius 2 is 1.53 bits per heavy atom. The van der Waals surface area contributed by atoms with Crippen LogP contribution in [0.25, 0.3) is 22.2 Å². The second-order valence-electron chi connectivity index (χ2n) is 7.26. The highest BCUT2D eigenvalue weighted by atomic mass is 16.4. The number of anilines is 2. The number of H-pyrrole nitrogens is 1. The number of aromatic carboxylic acids is 1. The number of benzene rings is 3. The third kappa shape index (κ3) is 3.89. The largest absolute Gasteiger partial charge is 0.478 e. The fraction of sp³-hybridized carbons (Fsp3) is 0.0833. The molecule has 0 aliphatic rings. The number of nitrogens with one attached hydrogen (secondary N) is 2. The Hall–Kier alpha value is -4.06. The lowest BCUT2D eigenvalue weighted by Crippen LogP contribution is -2.13. The number of hydrogen-bond donors (Lipinski definition) is 3. The molecule has 6 heteroatoms. The van der Waals surface area contributed by atoms with Crippen molar-refractivity contribution in [2.75, 3.05) is 24.3 Å². The summed E-state index contributed by atoms with van der Waals surface area (Å²) >= 11 is 0. The van der Waals surface area contributed by atoms with E-state index in [-0.39, 0.29) is 11.5 Å². The predicted molar refractivity (Wildman–Crippen MR) is 119 cm³/mol. The number of aromatic amines is 1. The van der Waals surface area contributed by atoms with Gasteiger partial charge in [-0.1, -0.05) is 18.2 Å². The summed E-state index contributed by atoms with van der Waals surface area (Å²) in [5.41, 5.74) is 5.22. The van der Waals surface area contributed by atoms with E-state index in [2.05, 4.69) is 10.3 Å². The maximum absolute atomic E-state index is 12.6. The summed E-state index contributed by atoms with van der Waals surface area (Å²) in [6.07, 6.45) is 0. The van der Waals surface area contributed by atoms with Crippen LogP contribution in [0.5, 0.6) is 0 Å². The zero-order valence-corrected chi connectivity index (χ0v) is 16.6. The Bertz CT molecular complexity index is 1220. The minimum Gasteiger partial charge on any atom is -0.478 e. The van der Waals surface area contributed by atoms with Crippen LogP contribution in [0, 0.1) is 0 Å². The van der Waals surface area contributed by atoms with E-state index >= 15 is 0 Å². The highest BCUT2D eigenvalue weighted by molar-refractivity contribution is 6.05. The number of carboxylic acid groups (broad SMARTS) is 1. The first-order valence-electron chi connectivity index (χ1n) is 9.46. The molecule has 0 spiro atoms. The second-order valence-corrected chi connectivity index (χ2v) is 7.26. The van der Waals surface area contributed by atoms with Gasteiger partial charge in [-0.2, -0.15) is 0 Å². The van der Waals surface area contributed by atoms with Gasteiger partial charge in [0.05, 0.1) is 5.56 Å². The third-order valence-electron chi connectivity index (χ3n) is 4.97. The van der Waals surface area contributed by atoms with Crippen LogP contribution in [-0.4, -0.2) is 36.1 Å². The van der Waals surface area contributed by atoms with E-state index in [0.717, 1.165) is 27.8 Å². The monoisotopic (exact) mass is 399 g/mol. The van der Waals surface area contributed by atoms with Crippen LogP contribution in [0.2, 0.25) is 0 Å². The maximum Gasteiger partial charge on any atom is 0.335 e. The van der Waals surface area contributed by atoms with Crippen molar-refractivity contribution in [3.8, 4) is 11.3 Å². The van der Waals surface area contributed by atoms with Crippen molar-refractivity contribution in [2.45, 2.75) is 0 Å². The Balaban J connectivity index is 1.54. The summed E-state index contributed by atoms with van der Waals surface area (Å²) in [6, 6.07) is 21.8. The van der Waals surface area contributed by atoms with Crippen LogP contribution in [0.4, 0.5) is 11.4 Å². The molecule has 1 amide bonds. The Kier molecular flexibility index (Phi) is 4.98. The zero-order valence-electron chi connectivity index (χ0n) is 16.6. The van der Waals surface area contributed by atoms with Crippen molar-refractivity contribution in [2.24, 2.45) is 0 Å². The summed E-state index contributed by atoms with van der Waals surface area (Å²) in [6.45, 7) is 0. The van der Waals surface area contributed by atoms with Gasteiger partial charge in [-0.05, 0) is 60.2 Å². The minimum atomic E-state index is -0.949. The lowest BCUT2D eigenvalue weighted by Gasteiger charge is -2.12. The fourth-order valence-corrected chi connectivity index (χ4v) is 3.27. The Labute approximate surface area is 173 Å². The topological polar surface area (TPSA) is 85.4 Å². The Morgan fingerprint density at radius 1 is 0.867 bits per heavy atom. The molecule has 4 aromatic rings. The molecule has 0 aliphatic carbocycles. The first-order chi connectivity index (χ1) is 14.4. The lowest BCUT2D eigenvalue weighted by atomic mass is 10.1. The molecule has 0 bridgehead atoms. The van der Waals surface area contributed by atoms with Crippen molar-refractivity contribution in [1.29, 1.82) is 0 Å². The molecule has 0 fully saturated rings. The standard InChI is InChI=1S/C24H21N3O3/c1-27(2)20-11-8-16(9-12-20)23(28)25-19-10-7-18-13-21(26-22(18)14-19)15-3-5-17(6-4-15)24(29)30/h3-14,26H,1-2H3,(H,25,28)(H,29,30). The van der Waals surface area contributed by atoms with E-state index in [0.29, 0.717) is 11.3 Å². The third-order valence-corrected chi connectivity index (χ3v) is 4.97. The van der Waals surface area contributed by atoms with E-state index < -0.39 is 5.97 Å². The highest BCUT2D eigenvalue weighted by Gasteiger charge is 2.09. The van der Waals surface area contributed by atoms with E-state index in [1.165, 1.54) is 0 Å². The number of carboxylic acids is 1. The summed E-state index contributed by atoms with van der Waals surface area (Å²) in [5.74, 6) is -1.12. The van der Waals surface area contributed by atoms with Crippen molar-refractivity contribution in [3.05, 3.63) is 83.9 Å². The molecule has 0 aliphatic heterocycles. The fourth-order valence-electron chi connectivity index (χ4n) is 3.27. The number of aromatic nitrogens is 1. The smallest absolute Gasteiger partial charge is 0.335 e. The molecule has 6 nitrogen and oxygen atoms in total. The average molecular weight is 399 g/mol. The van der Waals surface area contributed by atoms with Crippen LogP contribution >= 0.6 is 0 Å². The summed E-state index contributed by atoms with van der Waals surface area (Å²) in [7, 11) is 3.91. The first kappa shape index (κ1) is 19.3. The highest BCUT2D eigenvalue weighted by Crippen LogP contribution is 2.27. The van der Waals surface area contributed by atoms with Gasteiger partial charge in [0.15, 0.2) is 0 Å². The van der Waals surface area contributed by atoms with Crippen molar-refractivity contribution >= 4 is 34.2 Å². The van der Waals surface area contributed by atoms with Gasteiger partial charge in [0.2, 0.25) is 0 Å². The van der Waals surface area contributed by atoms with Gasteiger partial charge >= 0.3 is 5.97 Å². The number of hydrogen-bond acceptors (Lipinski definition) is 3. The molecule has 1 aromatic heterocycles. The van der Waals surface area contributed by atoms with Gasteiger partial charge in [0.1, 0.15) is 0 Å². The molecule has 3 aromatic carbocycles. The number of nitrogens with zero attached hydrogens (tertiary/aromatic N) is 1. The number of carbonyl (C=O) groups excluding carboxylic acids is 1. The lowest BCUT2D eigenvalue weighted by molar-refractivity contribution is 0.0696. The van der Waals surface area contributed by atoms with Crippen LogP contribution in [-0.2, 0) is 0 Å². The van der Waals surface area contributed by atoms with Crippen LogP contribution in [0.1, 0.15) is 20.7 Å². The first-order valence-corrected chi connectivity index (χ1v) is 9.46. The van der Waals surface area contributed by atoms with E-state index in [4.69, 9.17) is 5.11 Å². The molecule has 0 unspecified atom stereocenters. The molecule has 3 N–H and O–H groups in total. The van der Waals surface area contributed by atoms with Crippen LogP contribution in [0.3, 0.4) is 0 Å². The number of carbonyl (C=O) groups is 2. The summed E-state index contributed by atoms with van der Waals surface area (Å²) in [5, 5.41) is 13.0. The van der Waals surface area contributed by atoms with Crippen LogP contribution in [0.15, 0.2) is 72.8 Å². The van der Waals surface area contributed by atoms with Crippen molar-refractivity contribution < 1.29 is 14.7 Å². The molecular weight excluding hydrogens is 378 g/mol. The predicted octanol–water partition coefficient (Wildman–Crippen LogP) is 4.85. The SMILES string of the molecule is CN(C)c1ccc(C(=O)Nc2ccc3cc(-c4ccc(C(=O)O)cc4)[nH]c3c2)cc1. The molecule has 0 atom stereocenters. The quantitative estimate of drug-likeness (QED) is 0.448. The number of rotatable bonds is 5. The molecule has 0 saturated carbocycles. The zero-order chi connectivity index (χ0) is 21.3. The van der Waals surface area contributed by atoms with E-state index in [9.17, 15) is 9.59 Å². The van der Waals surface area contributed by atoms with Gasteiger partial charge in [0.25, 0.3) is 5.91 Å². The second kappa shape index (κ2) is 7.75. The molecule has 0 radical (unpaired) electrons. The van der Waals surface area contributed by atoms with E-state index in [1.54, 1.807) is 36.4 Å². The minimum absolute atomic E-state index is 0.171. The molecule has 30 heavy (non-hydrogen) atoms. The van der Waals surface area contributed by atoms with Gasteiger partial charge in [-0.3, -0.25) is 4.79 Å². The van der Waals surface area contributed by atoms with Crippen LogP contribution < -0.4 is 10.2 Å². The molecule has 150 valence electrons. The van der Waals surface area contributed by atoms with E-state index in [1.807, 2.05) is 55.4 Å². The number of fused-ring (bicyclic) bond motifs is 1. The number of amides is 1. The summed E-state index contributed by atoms with van der Waals surface area (Å²) in [4.78, 5) is 28.9. The molecule has 0 saturated heterocycles. The Morgan fingerprint density at radius 3 is 2.17 bits per heavy atom. The van der Waals surface area contributed by atoms with Crippen molar-refractivity contribution in [1.82, 2.24) is 4.98 Å². The molecule has 4 rings (SSSR count). The van der Waals surface area contributed by atoms with Crippen molar-refractivity contribution in [3.63, 3.8) is 0 Å². The van der Waals surface area contributed by atoms with Gasteiger partial charge in [-0.25, -0.2) is 4.79 Å². The maximum atomic E-state index is 12.6. The van der Waals surface area contributed by atoms with Gasteiger partial charge in [0, 0.05) is 47.6 Å². The van der Waals surface area contributed by atoms with Gasteiger partial charge in [-0.15, -0.1) is 0 Å².